The summed E-state index contributed by atoms with van der Waals surface area (Å²) in [6.45, 7) is 4.44. The second-order valence-electron chi connectivity index (χ2n) is 13.4. The van der Waals surface area contributed by atoms with Crippen LogP contribution in [0.1, 0.15) is 47.7 Å². The summed E-state index contributed by atoms with van der Waals surface area (Å²) in [7, 11) is 0. The van der Waals surface area contributed by atoms with E-state index in [9.17, 15) is 0 Å². The molecule has 5 nitrogen and oxygen atoms in total. The predicted molar refractivity (Wildman–Crippen MR) is 194 cm³/mol. The number of para-hydroxylation sites is 1. The number of aryl methyl sites for hydroxylation is 4. The van der Waals surface area contributed by atoms with Gasteiger partial charge in [0.15, 0.2) is 0 Å². The van der Waals surface area contributed by atoms with E-state index in [1.807, 2.05) is 12.3 Å². The van der Waals surface area contributed by atoms with Crippen LogP contribution in [0.5, 0.6) is 11.5 Å². The Morgan fingerprint density at radius 3 is 2.29 bits per heavy atom. The van der Waals surface area contributed by atoms with E-state index in [2.05, 4.69) is 162 Å². The van der Waals surface area contributed by atoms with Crippen molar-refractivity contribution >= 4 is 27.3 Å². The van der Waals surface area contributed by atoms with E-state index >= 15 is 0 Å². The van der Waals surface area contributed by atoms with Crippen LogP contribution in [0.15, 0.2) is 128 Å². The van der Waals surface area contributed by atoms with Crippen molar-refractivity contribution in [1.82, 2.24) is 18.5 Å². The second kappa shape index (κ2) is 12.2. The van der Waals surface area contributed by atoms with Gasteiger partial charge in [-0.3, -0.25) is 0 Å². The molecule has 4 aliphatic rings. The van der Waals surface area contributed by atoms with Crippen molar-refractivity contribution in [2.75, 3.05) is 0 Å². The van der Waals surface area contributed by atoms with Crippen LogP contribution in [0.4, 0.5) is 0 Å². The fraction of sp³-hybridized carbons (Fsp3) is 0.163. The van der Waals surface area contributed by atoms with Gasteiger partial charge < -0.3 is 0 Å². The molecule has 4 bridgehead atoms. The summed E-state index contributed by atoms with van der Waals surface area (Å²) in [5.41, 5.74) is 11.3. The van der Waals surface area contributed by atoms with Crippen molar-refractivity contribution in [2.45, 2.75) is 45.4 Å². The van der Waals surface area contributed by atoms with E-state index < -0.39 is 0 Å². The molecule has 0 unspecified atom stereocenters. The molecule has 8 aromatic rings. The molecular weight excluding hydrogens is 784 g/mol. The van der Waals surface area contributed by atoms with Crippen LogP contribution in [0.25, 0.3) is 38.8 Å². The van der Waals surface area contributed by atoms with E-state index in [0.717, 1.165) is 63.5 Å². The van der Waals surface area contributed by atoms with E-state index in [0.29, 0.717) is 5.92 Å². The van der Waals surface area contributed by atoms with Crippen LogP contribution < -0.4 is 4.74 Å². The maximum absolute atomic E-state index is 6.63. The van der Waals surface area contributed by atoms with Gasteiger partial charge in [0.05, 0.1) is 0 Å². The number of benzene rings is 4. The molecule has 0 atom stereocenters. The Morgan fingerprint density at radius 2 is 1.45 bits per heavy atom. The van der Waals surface area contributed by atoms with Crippen LogP contribution in [0, 0.1) is 3.80 Å². The Labute approximate surface area is 296 Å². The summed E-state index contributed by atoms with van der Waals surface area (Å²) in [6.07, 6.45) is 8.26. The predicted octanol–water partition coefficient (Wildman–Crippen LogP) is 10.1. The average molecular weight is 820 g/mol. The number of hydrogen-bond donors (Lipinski definition) is 0. The maximum atomic E-state index is 6.63. The third-order valence-corrected chi connectivity index (χ3v) is 11.0. The third-order valence-electron chi connectivity index (χ3n) is 9.96. The number of aromatic nitrogens is 4. The van der Waals surface area contributed by atoms with Crippen LogP contribution in [-0.2, 0) is 45.0 Å². The first-order valence-electron chi connectivity index (χ1n) is 17.1. The standard InChI is InChI=1S/C43H36N4O.Pt/c1-29(2)33-22-23-44-43(24-33)47-40-9-4-3-8-38(40)39-21-20-37(26-41(39)47)48-36-7-5-6-35(25-36)45-27-42-32-16-14-30-10-12-31(13-11-30)15-18-34(19-17-32)46(42)28-45;/h3-13,17,19-27,29H,14-16,18H2,1-2H3;. The molecule has 6 heterocycles. The first-order valence-corrected chi connectivity index (χ1v) is 18.2. The van der Waals surface area contributed by atoms with Gasteiger partial charge in [0.1, 0.15) is 0 Å². The van der Waals surface area contributed by atoms with Crippen LogP contribution in [0.3, 0.4) is 0 Å². The summed E-state index contributed by atoms with van der Waals surface area (Å²) >= 11 is 2.49. The number of fused-ring (bicyclic) bond motifs is 3. The van der Waals surface area contributed by atoms with Crippen molar-refractivity contribution in [3.63, 3.8) is 0 Å². The van der Waals surface area contributed by atoms with Crippen molar-refractivity contribution in [2.24, 2.45) is 0 Å². The van der Waals surface area contributed by atoms with Gasteiger partial charge in [-0.1, -0.05) is 26.0 Å². The van der Waals surface area contributed by atoms with Crippen molar-refractivity contribution in [1.29, 1.82) is 0 Å². The van der Waals surface area contributed by atoms with Gasteiger partial charge >= 0.3 is 248 Å². The van der Waals surface area contributed by atoms with Crippen molar-refractivity contribution in [3.8, 4) is 23.0 Å². The number of pyridine rings is 2. The molecule has 0 radical (unpaired) electrons. The van der Waals surface area contributed by atoms with E-state index in [-0.39, 0.29) is 0 Å². The molecular formula is C43H36N4OPt. The van der Waals surface area contributed by atoms with Gasteiger partial charge in [0.25, 0.3) is 0 Å². The summed E-state index contributed by atoms with van der Waals surface area (Å²) < 4.78 is 14.8. The normalized spacial score (nSPS) is 13.1. The first-order chi connectivity index (χ1) is 24.0. The fourth-order valence-corrected chi connectivity index (χ4v) is 8.33. The summed E-state index contributed by atoms with van der Waals surface area (Å²) in [4.78, 5) is 4.82. The average Bonchev–Trinajstić information content (AvgIpc) is 3.64. The zero-order valence-electron chi connectivity index (χ0n) is 27.5. The second-order valence-corrected chi connectivity index (χ2v) is 14.4. The minimum atomic E-state index is 0.414. The SMILES string of the molecule is CC(C)c1ccnc(-n2c3ccccc3c3ccc(Oc4cccc(-n5cc6c7ccc(n6[c]5=[Pt])CCc5ccc(cc5)CC7)c4)cc32)c1. The Bertz CT molecular complexity index is 2590. The Morgan fingerprint density at radius 1 is 0.673 bits per heavy atom. The number of imidazole rings is 1. The van der Waals surface area contributed by atoms with E-state index in [1.54, 1.807) is 0 Å². The number of rotatable bonds is 5. The molecule has 6 heteroatoms. The zero-order chi connectivity index (χ0) is 33.1. The van der Waals surface area contributed by atoms with Crippen LogP contribution in [0.2, 0.25) is 0 Å². The number of hydrogen-bond acceptors (Lipinski definition) is 2. The van der Waals surface area contributed by atoms with Gasteiger partial charge in [0, 0.05) is 6.20 Å². The Hall–Kier alpha value is -4.99. The molecule has 4 aromatic heterocycles. The Kier molecular flexibility index (Phi) is 7.47. The number of ether oxygens (including phenoxy) is 1. The molecule has 2 aliphatic carbocycles. The molecule has 0 spiro atoms. The van der Waals surface area contributed by atoms with E-state index in [1.165, 1.54) is 44.2 Å². The summed E-state index contributed by atoms with van der Waals surface area (Å²) in [5.74, 6) is 2.92. The summed E-state index contributed by atoms with van der Waals surface area (Å²) in [5, 5.41) is 2.38. The minimum absolute atomic E-state index is 0.414. The molecule has 0 fully saturated rings. The van der Waals surface area contributed by atoms with E-state index in [4.69, 9.17) is 9.72 Å². The van der Waals surface area contributed by atoms with Crippen molar-refractivity contribution < 1.29 is 24.1 Å². The molecule has 0 amide bonds. The fourth-order valence-electron chi connectivity index (χ4n) is 7.29. The van der Waals surface area contributed by atoms with Gasteiger partial charge in [-0.25, -0.2) is 0 Å². The van der Waals surface area contributed by atoms with Gasteiger partial charge in [0.2, 0.25) is 0 Å². The molecule has 0 saturated heterocycles. The molecule has 0 N–H and O–H groups in total. The van der Waals surface area contributed by atoms with Crippen LogP contribution in [-0.4, -0.2) is 18.5 Å². The van der Waals surface area contributed by atoms with Gasteiger partial charge in [-0.15, -0.1) is 0 Å². The molecule has 0 saturated carbocycles. The monoisotopic (exact) mass is 819 g/mol. The molecule has 2 aliphatic heterocycles. The first kappa shape index (κ1) is 30.1. The Balaban J connectivity index is 1.10. The topological polar surface area (TPSA) is 36.4 Å². The van der Waals surface area contributed by atoms with Crippen molar-refractivity contribution in [3.05, 3.63) is 159 Å². The van der Waals surface area contributed by atoms with Crippen LogP contribution >= 0.6 is 0 Å². The summed E-state index contributed by atoms with van der Waals surface area (Å²) in [6, 6.07) is 41.5. The van der Waals surface area contributed by atoms with Gasteiger partial charge in [-0.05, 0) is 17.5 Å². The number of nitrogens with zero attached hydrogens (tertiary/aromatic N) is 4. The van der Waals surface area contributed by atoms with Gasteiger partial charge in [-0.2, -0.15) is 0 Å². The quantitative estimate of drug-likeness (QED) is 0.174. The molecule has 12 rings (SSSR count). The molecule has 244 valence electrons. The molecule has 4 aromatic carbocycles. The zero-order valence-corrected chi connectivity index (χ0v) is 29.8. The third kappa shape index (κ3) is 5.37. The molecule has 49 heavy (non-hydrogen) atoms.